The Morgan fingerprint density at radius 1 is 0.339 bits per heavy atom. The number of carboxylic acids is 4. The fourth-order valence-electron chi connectivity index (χ4n) is 6.08. The van der Waals surface area contributed by atoms with E-state index in [-0.39, 0.29) is 220 Å². The third-order valence-corrected chi connectivity index (χ3v) is 11.4. The summed E-state index contributed by atoms with van der Waals surface area (Å²) in [6, 6.07) is -2.17. The van der Waals surface area contributed by atoms with Crippen LogP contribution in [0.1, 0.15) is 239 Å². The molecule has 6 N–H and O–H groups in total. The number of carboxylic acid groups (broad SMARTS) is 4. The molecule has 0 heterocycles. The molecular formula is C66H112B2N10O38U2. The number of aliphatic hydroxyl groups is 2. The van der Waals surface area contributed by atoms with Gasteiger partial charge >= 0.3 is 23.9 Å². The molecule has 118 heavy (non-hydrogen) atoms. The number of aliphatic carboxylic acids is 4. The van der Waals surface area contributed by atoms with Gasteiger partial charge in [0, 0.05) is 162 Å². The van der Waals surface area contributed by atoms with Crippen molar-refractivity contribution in [2.45, 2.75) is 263 Å². The summed E-state index contributed by atoms with van der Waals surface area (Å²) >= 11 is 0. The molecular weight excluding hydrogens is 2040 g/mol. The Balaban J connectivity index is -0.0000000704. The number of ketones is 6. The first kappa shape index (κ1) is 140. The van der Waals surface area contributed by atoms with Gasteiger partial charge in [0.1, 0.15) is 72.3 Å². The van der Waals surface area contributed by atoms with Crippen molar-refractivity contribution in [3.8, 4) is 0 Å². The van der Waals surface area contributed by atoms with Crippen molar-refractivity contribution in [3.05, 3.63) is 172 Å². The standard InChI is InChI=1S/2C7H13NO4.2C7H11NO3.4C6H9NO4.C4H7NO3.C4H6O2.C3H7NO2.C3H6O.2BH.2U/c1-3-7(10)6(8(11)12)4-5(2)9;1-3-6(8(11)12)7(10)4-5(2)9;1-3-7(8(10)11)5-4-6(2)9;1-3-4-7(8(10)11)5-6(2)9;2*1-2-5(7(10)11)3-4-6(8)9;2*1-2-3-5(7(10)11)4-6(8)9;1-4(6)2-3-5(7)8;1-4(6)2-3-5;1-2-3-4(5)6;1-2-3-4;;;;/h2*6-7,10H,3-4H2,1-2H3;5H,3-4H2,1-2H3;4H,3,5H2,1-2H3;4*3H,2,4H2,1H3,(H,8,9);2-3H2,1H3;3H,2H2,1H3;2-3H2,1H3;3H,2H2,1H3;2*1H;;/b;;7-5+;7-4+;5-3+;5-3-;5-3+;5-3-;;;;;;;;/i;;;;;;;;;;;;2*1D;;. The average molecular weight is 2150 g/mol. The maximum atomic E-state index is 10.6. The van der Waals surface area contributed by atoms with E-state index >= 15 is 0 Å². The molecule has 4 unspecified atom stereocenters. The van der Waals surface area contributed by atoms with E-state index in [0.717, 1.165) is 18.4 Å². The van der Waals surface area contributed by atoms with Gasteiger partial charge in [-0.1, -0.05) is 69.2 Å². The van der Waals surface area contributed by atoms with Gasteiger partial charge in [-0.2, -0.15) is 0 Å². The van der Waals surface area contributed by atoms with Gasteiger partial charge in [-0.3, -0.25) is 149 Å². The minimum absolute atomic E-state index is 0. The van der Waals surface area contributed by atoms with E-state index in [1.165, 1.54) is 65.8 Å². The van der Waals surface area contributed by atoms with Gasteiger partial charge in [0.2, 0.25) is 48.0 Å². The summed E-state index contributed by atoms with van der Waals surface area (Å²) in [6.45, 7) is 24.9. The summed E-state index contributed by atoms with van der Waals surface area (Å²) in [4.78, 5) is 215. The van der Waals surface area contributed by atoms with Gasteiger partial charge in [-0.15, -0.1) is 0 Å². The summed E-state index contributed by atoms with van der Waals surface area (Å²) in [5.41, 5.74) is -0.486. The number of rotatable bonds is 42. The summed E-state index contributed by atoms with van der Waals surface area (Å²) in [6.07, 6.45) is 9.41. The van der Waals surface area contributed by atoms with Crippen molar-refractivity contribution in [2.75, 3.05) is 13.1 Å². The molecule has 0 aromatic carbocycles. The normalized spacial score (nSPS) is 11.1. The van der Waals surface area contributed by atoms with E-state index in [0.29, 0.717) is 51.2 Å². The van der Waals surface area contributed by atoms with Gasteiger partial charge in [0.15, 0.2) is 0 Å². The first-order valence-electron chi connectivity index (χ1n) is 35.2. The number of carbonyl (C=O) groups is 12. The summed E-state index contributed by atoms with van der Waals surface area (Å²) in [7, 11) is 7.50. The molecule has 0 rings (SSSR count). The molecule has 0 saturated carbocycles. The van der Waals surface area contributed by atoms with Crippen molar-refractivity contribution in [2.24, 2.45) is 0 Å². The monoisotopic (exact) mass is 2150 g/mol. The summed E-state index contributed by atoms with van der Waals surface area (Å²) in [5, 5.41) is 151. The number of nitro groups is 10. The SMILES string of the molecule is CC(=O)CC=O.CC(=O)CC[N+](=O)[O-].CC/C(=C/CC(=O)O)[N+](=O)[O-].CC/C(=C\CC(=O)O)[N+](=O)[O-].CC/C(=C\CC(C)=O)[N+](=O)[O-].CC/C=C(/CC(=O)O)[N+](=O)[O-].CC/C=C(\CC(=O)O)[N+](=O)[O-].CC/C=C(\CC(C)=O)[N+](=O)[O-].CCC(C(O)CC(C)=O)[N+](=O)[O-].CCC(O)C(CC(C)=O)[N+](=O)[O-].CCC=O.CCC[N+](=O)[O-].[2H][B].[2H][B].[U].[U]. The Kier molecular flexibility index (Phi) is 118. The zero-order valence-electron chi connectivity index (χ0n) is 70.9. The van der Waals surface area contributed by atoms with Crippen LogP contribution in [0.3, 0.4) is 0 Å². The average Bonchev–Trinajstić information content (AvgIpc) is 0.864. The molecule has 0 amide bonds. The van der Waals surface area contributed by atoms with E-state index in [1.807, 2.05) is 6.92 Å². The first-order valence-corrected chi connectivity index (χ1v) is 34.1. The van der Waals surface area contributed by atoms with Crippen LogP contribution in [-0.4, -0.2) is 208 Å². The van der Waals surface area contributed by atoms with Crippen molar-refractivity contribution in [1.82, 2.24) is 0 Å². The van der Waals surface area contributed by atoms with Crippen molar-refractivity contribution < 1.29 is 200 Å². The van der Waals surface area contributed by atoms with Crippen molar-refractivity contribution >= 4 is 87.9 Å². The molecule has 48 nitrogen and oxygen atoms in total. The maximum Gasteiger partial charge on any atom is 0.314 e. The molecule has 0 saturated heterocycles. The molecule has 0 bridgehead atoms. The fraction of sp³-hybridized carbons (Fsp3) is 0.636. The molecule has 0 aliphatic rings. The van der Waals surface area contributed by atoms with Crippen molar-refractivity contribution in [3.63, 3.8) is 0 Å². The van der Waals surface area contributed by atoms with Crippen LogP contribution in [-0.2, 0) is 57.5 Å². The predicted octanol–water partition coefficient (Wildman–Crippen LogP) is 8.34. The molecule has 0 aromatic heterocycles. The fourth-order valence-corrected chi connectivity index (χ4v) is 6.08. The third kappa shape index (κ3) is 127. The van der Waals surface area contributed by atoms with Gasteiger partial charge in [-0.05, 0) is 94.2 Å². The number of Topliss-reactive ketones (excluding diaryl/α,β-unsaturated/α-hetero) is 6. The van der Waals surface area contributed by atoms with Crippen LogP contribution in [0, 0.1) is 163 Å². The number of aldehydes is 2. The van der Waals surface area contributed by atoms with E-state index in [2.05, 4.69) is 16.8 Å². The zero-order valence-corrected chi connectivity index (χ0v) is 77.2. The van der Waals surface area contributed by atoms with Gasteiger partial charge < -0.3 is 40.2 Å². The van der Waals surface area contributed by atoms with Crippen LogP contribution >= 0.6 is 0 Å². The molecule has 0 aromatic rings. The van der Waals surface area contributed by atoms with E-state index in [1.54, 1.807) is 62.3 Å². The maximum absolute atomic E-state index is 10.6. The summed E-state index contributed by atoms with van der Waals surface area (Å²) < 4.78 is 10.5. The minimum atomic E-state index is -1.18. The largest absolute Gasteiger partial charge is 0.481 e. The number of aliphatic hydroxyl groups excluding tert-OH is 2. The van der Waals surface area contributed by atoms with Gasteiger partial charge in [-0.25, -0.2) is 0 Å². The zero-order chi connectivity index (χ0) is 96.5. The second kappa shape index (κ2) is 99.2. The van der Waals surface area contributed by atoms with Crippen molar-refractivity contribution in [1.29, 1.82) is 2.67 Å². The number of hydrogen-bond donors (Lipinski definition) is 6. The second-order valence-corrected chi connectivity index (χ2v) is 21.8. The van der Waals surface area contributed by atoms with Crippen LogP contribution < -0.4 is 0 Å². The van der Waals surface area contributed by atoms with Crippen LogP contribution in [0.2, 0.25) is 0 Å². The van der Waals surface area contributed by atoms with E-state index in [9.17, 15) is 164 Å². The molecule has 0 aliphatic carbocycles. The molecule has 4 radical (unpaired) electrons. The van der Waals surface area contributed by atoms with Crippen LogP contribution in [0.25, 0.3) is 0 Å². The predicted molar refractivity (Wildman–Crippen MR) is 418 cm³/mol. The molecule has 4 atom stereocenters. The number of allylic oxidation sites excluding steroid dienone is 8. The second-order valence-electron chi connectivity index (χ2n) is 21.8. The number of nitrogens with zero attached hydrogens (tertiary/aromatic N) is 10. The number of hydrogen-bond acceptors (Lipinski definition) is 34. The quantitative estimate of drug-likeness (QED) is 0.0110. The first-order chi connectivity index (χ1) is 54.5. The Morgan fingerprint density at radius 2 is 0.627 bits per heavy atom. The molecule has 668 valence electrons. The Bertz CT molecular complexity index is 3050. The number of carbonyl (C=O) groups excluding carboxylic acids is 8. The van der Waals surface area contributed by atoms with E-state index in [4.69, 9.17) is 28.2 Å². The third-order valence-electron chi connectivity index (χ3n) is 11.4. The Hall–Kier alpha value is -10.2. The Morgan fingerprint density at radius 3 is 0.771 bits per heavy atom. The summed E-state index contributed by atoms with van der Waals surface area (Å²) in [5.74, 6) is -5.43. The topological polar surface area (TPSA) is 758 Å². The van der Waals surface area contributed by atoms with Crippen LogP contribution in [0.15, 0.2) is 70.6 Å². The van der Waals surface area contributed by atoms with Gasteiger partial charge in [0.05, 0.1) is 68.1 Å². The Labute approximate surface area is 734 Å². The van der Waals surface area contributed by atoms with Crippen LogP contribution in [0.4, 0.5) is 0 Å². The smallest absolute Gasteiger partial charge is 0.314 e. The molecule has 0 fully saturated rings. The molecule has 52 heteroatoms. The van der Waals surface area contributed by atoms with E-state index < -0.39 is 105 Å². The van der Waals surface area contributed by atoms with Gasteiger partial charge in [0.25, 0.3) is 11.4 Å². The molecule has 0 aliphatic heterocycles. The van der Waals surface area contributed by atoms with Crippen LogP contribution in [0.5, 0.6) is 0 Å². The molecule has 0 spiro atoms. The minimum Gasteiger partial charge on any atom is -0.481 e.